The van der Waals surface area contributed by atoms with Crippen molar-refractivity contribution in [3.8, 4) is 11.5 Å². The lowest BCUT2D eigenvalue weighted by molar-refractivity contribution is -0.142. The standard InChI is InChI=1S/C15H21NO5/c1-5-21-13(18)8-9-16-15-12(20-4)7-6-11(19-3)14(15)10(2)17/h6-7,16H,5,8-9H2,1-4H3. The monoisotopic (exact) mass is 295 g/mol. The zero-order valence-corrected chi connectivity index (χ0v) is 12.8. The van der Waals surface area contributed by atoms with E-state index in [0.29, 0.717) is 35.9 Å². The molecule has 1 N–H and O–H groups in total. The summed E-state index contributed by atoms with van der Waals surface area (Å²) in [6.45, 7) is 3.89. The van der Waals surface area contributed by atoms with Gasteiger partial charge in [-0.15, -0.1) is 0 Å². The molecule has 1 aromatic rings. The third kappa shape index (κ3) is 4.37. The van der Waals surface area contributed by atoms with Gasteiger partial charge >= 0.3 is 5.97 Å². The van der Waals surface area contributed by atoms with Gasteiger partial charge in [-0.05, 0) is 26.0 Å². The molecule has 0 fully saturated rings. The highest BCUT2D eigenvalue weighted by molar-refractivity contribution is 6.03. The van der Waals surface area contributed by atoms with Gasteiger partial charge in [0.1, 0.15) is 11.5 Å². The molecule has 6 nitrogen and oxygen atoms in total. The lowest BCUT2D eigenvalue weighted by atomic mass is 10.1. The van der Waals surface area contributed by atoms with Crippen LogP contribution in [0.25, 0.3) is 0 Å². The summed E-state index contributed by atoms with van der Waals surface area (Å²) in [4.78, 5) is 23.2. The van der Waals surface area contributed by atoms with Crippen molar-refractivity contribution >= 4 is 17.4 Å². The fourth-order valence-corrected chi connectivity index (χ4v) is 1.95. The van der Waals surface area contributed by atoms with Crippen molar-refractivity contribution in [3.63, 3.8) is 0 Å². The SMILES string of the molecule is CCOC(=O)CCNc1c(OC)ccc(OC)c1C(C)=O. The molecule has 21 heavy (non-hydrogen) atoms. The second-order valence-electron chi connectivity index (χ2n) is 4.26. The molecule has 0 atom stereocenters. The molecule has 0 heterocycles. The molecule has 0 amide bonds. The third-order valence-corrected chi connectivity index (χ3v) is 2.86. The summed E-state index contributed by atoms with van der Waals surface area (Å²) in [5, 5.41) is 3.05. The molecule has 0 bridgehead atoms. The molecule has 0 radical (unpaired) electrons. The molecule has 0 spiro atoms. The van der Waals surface area contributed by atoms with Crippen molar-refractivity contribution in [2.24, 2.45) is 0 Å². The van der Waals surface area contributed by atoms with E-state index in [9.17, 15) is 9.59 Å². The van der Waals surface area contributed by atoms with Gasteiger partial charge in [0.15, 0.2) is 5.78 Å². The average Bonchev–Trinajstić information content (AvgIpc) is 2.46. The maximum absolute atomic E-state index is 11.8. The molecule has 1 rings (SSSR count). The highest BCUT2D eigenvalue weighted by Gasteiger charge is 2.18. The number of benzene rings is 1. The largest absolute Gasteiger partial charge is 0.496 e. The molecule has 1 aromatic carbocycles. The van der Waals surface area contributed by atoms with Gasteiger partial charge in [-0.2, -0.15) is 0 Å². The lowest BCUT2D eigenvalue weighted by Crippen LogP contribution is -2.14. The van der Waals surface area contributed by atoms with Gasteiger partial charge in [0.05, 0.1) is 38.5 Å². The molecule has 0 aromatic heterocycles. The number of hydrogen-bond donors (Lipinski definition) is 1. The second-order valence-corrected chi connectivity index (χ2v) is 4.26. The topological polar surface area (TPSA) is 73.9 Å². The quantitative estimate of drug-likeness (QED) is 0.586. The van der Waals surface area contributed by atoms with Crippen LogP contribution in [-0.2, 0) is 9.53 Å². The van der Waals surface area contributed by atoms with Crippen LogP contribution in [0.4, 0.5) is 5.69 Å². The van der Waals surface area contributed by atoms with Gasteiger partial charge < -0.3 is 19.5 Å². The van der Waals surface area contributed by atoms with Crippen molar-refractivity contribution in [1.29, 1.82) is 0 Å². The number of carbonyl (C=O) groups is 2. The Kier molecular flexibility index (Phi) is 6.52. The van der Waals surface area contributed by atoms with Crippen LogP contribution in [0.1, 0.15) is 30.6 Å². The van der Waals surface area contributed by atoms with Gasteiger partial charge in [-0.25, -0.2) is 0 Å². The summed E-state index contributed by atoms with van der Waals surface area (Å²) in [7, 11) is 3.01. The normalized spacial score (nSPS) is 9.90. The smallest absolute Gasteiger partial charge is 0.307 e. The van der Waals surface area contributed by atoms with Crippen LogP contribution in [-0.4, -0.2) is 39.1 Å². The highest BCUT2D eigenvalue weighted by atomic mass is 16.5. The molecule has 0 aliphatic rings. The number of ketones is 1. The Hall–Kier alpha value is -2.24. The summed E-state index contributed by atoms with van der Waals surface area (Å²) in [6, 6.07) is 3.38. The minimum absolute atomic E-state index is 0.149. The van der Waals surface area contributed by atoms with Crippen LogP contribution in [0, 0.1) is 0 Å². The predicted octanol–water partition coefficient (Wildman–Crippen LogP) is 2.27. The Morgan fingerprint density at radius 1 is 1.14 bits per heavy atom. The summed E-state index contributed by atoms with van der Waals surface area (Å²) in [5.74, 6) is 0.535. The van der Waals surface area contributed by atoms with Crippen LogP contribution in [0.15, 0.2) is 12.1 Å². The first-order valence-electron chi connectivity index (χ1n) is 6.70. The maximum atomic E-state index is 11.8. The Bertz CT molecular complexity index is 513. The number of hydrogen-bond acceptors (Lipinski definition) is 6. The first kappa shape index (κ1) is 16.8. The van der Waals surface area contributed by atoms with E-state index in [2.05, 4.69) is 5.32 Å². The molecule has 0 saturated carbocycles. The van der Waals surface area contributed by atoms with Gasteiger partial charge in [-0.3, -0.25) is 9.59 Å². The Morgan fingerprint density at radius 2 is 1.76 bits per heavy atom. The summed E-state index contributed by atoms with van der Waals surface area (Å²) in [6.07, 6.45) is 0.200. The van der Waals surface area contributed by atoms with Gasteiger partial charge in [0, 0.05) is 6.54 Å². The highest BCUT2D eigenvalue weighted by Crippen LogP contribution is 2.35. The fraction of sp³-hybridized carbons (Fsp3) is 0.467. The minimum atomic E-state index is -0.295. The second kappa shape index (κ2) is 8.14. The number of Topliss-reactive ketones (excluding diaryl/α,β-unsaturated/α-hetero) is 1. The number of carbonyl (C=O) groups excluding carboxylic acids is 2. The van der Waals surface area contributed by atoms with Crippen molar-refractivity contribution in [2.45, 2.75) is 20.3 Å². The molecule has 0 unspecified atom stereocenters. The van der Waals surface area contributed by atoms with E-state index in [1.807, 2.05) is 0 Å². The number of anilines is 1. The summed E-state index contributed by atoms with van der Waals surface area (Å²) < 4.78 is 15.3. The lowest BCUT2D eigenvalue weighted by Gasteiger charge is -2.17. The van der Waals surface area contributed by atoms with Crippen molar-refractivity contribution in [2.75, 3.05) is 32.7 Å². The minimum Gasteiger partial charge on any atom is -0.496 e. The van der Waals surface area contributed by atoms with Gasteiger partial charge in [-0.1, -0.05) is 0 Å². The Morgan fingerprint density at radius 3 is 2.29 bits per heavy atom. The van der Waals surface area contributed by atoms with E-state index < -0.39 is 0 Å². The zero-order chi connectivity index (χ0) is 15.8. The molecule has 0 aliphatic carbocycles. The van der Waals surface area contributed by atoms with Gasteiger partial charge in [0.25, 0.3) is 0 Å². The van der Waals surface area contributed by atoms with Crippen LogP contribution < -0.4 is 14.8 Å². The van der Waals surface area contributed by atoms with E-state index in [1.165, 1.54) is 21.1 Å². The van der Waals surface area contributed by atoms with Crippen LogP contribution >= 0.6 is 0 Å². The zero-order valence-electron chi connectivity index (χ0n) is 12.8. The van der Waals surface area contributed by atoms with E-state index in [4.69, 9.17) is 14.2 Å². The number of rotatable bonds is 8. The number of esters is 1. The first-order chi connectivity index (χ1) is 10.0. The van der Waals surface area contributed by atoms with Crippen LogP contribution in [0.2, 0.25) is 0 Å². The molecular formula is C15H21NO5. The number of nitrogens with one attached hydrogen (secondary N) is 1. The van der Waals surface area contributed by atoms with E-state index in [1.54, 1.807) is 19.1 Å². The van der Waals surface area contributed by atoms with E-state index in [-0.39, 0.29) is 18.2 Å². The molecule has 116 valence electrons. The number of ether oxygens (including phenoxy) is 3. The maximum Gasteiger partial charge on any atom is 0.307 e. The third-order valence-electron chi connectivity index (χ3n) is 2.86. The predicted molar refractivity (Wildman–Crippen MR) is 79.3 cm³/mol. The summed E-state index contributed by atoms with van der Waals surface area (Å²) >= 11 is 0. The number of methoxy groups -OCH3 is 2. The Balaban J connectivity index is 2.97. The molecular weight excluding hydrogens is 274 g/mol. The first-order valence-corrected chi connectivity index (χ1v) is 6.70. The fourth-order valence-electron chi connectivity index (χ4n) is 1.95. The van der Waals surface area contributed by atoms with E-state index >= 15 is 0 Å². The van der Waals surface area contributed by atoms with E-state index in [0.717, 1.165) is 0 Å². The molecule has 0 aliphatic heterocycles. The molecule has 6 heteroatoms. The van der Waals surface area contributed by atoms with Crippen molar-refractivity contribution in [1.82, 2.24) is 0 Å². The van der Waals surface area contributed by atoms with Crippen LogP contribution in [0.5, 0.6) is 11.5 Å². The van der Waals surface area contributed by atoms with Crippen molar-refractivity contribution < 1.29 is 23.8 Å². The Labute approximate surface area is 124 Å². The molecule has 0 saturated heterocycles. The summed E-state index contributed by atoms with van der Waals surface area (Å²) in [5.41, 5.74) is 0.925. The average molecular weight is 295 g/mol. The van der Waals surface area contributed by atoms with Crippen LogP contribution in [0.3, 0.4) is 0 Å². The van der Waals surface area contributed by atoms with Gasteiger partial charge in [0.2, 0.25) is 0 Å². The van der Waals surface area contributed by atoms with Crippen molar-refractivity contribution in [3.05, 3.63) is 17.7 Å².